The van der Waals surface area contributed by atoms with Crippen molar-refractivity contribution in [2.75, 3.05) is 19.7 Å². The number of nitrogens with zero attached hydrogens (tertiary/aromatic N) is 2. The van der Waals surface area contributed by atoms with Crippen molar-refractivity contribution in [2.24, 2.45) is 5.92 Å². The Bertz CT molecular complexity index is 727. The Morgan fingerprint density at radius 3 is 2.80 bits per heavy atom. The van der Waals surface area contributed by atoms with Gasteiger partial charge in [0.15, 0.2) is 0 Å². The van der Waals surface area contributed by atoms with E-state index in [0.29, 0.717) is 6.61 Å². The molecule has 25 heavy (non-hydrogen) atoms. The quantitative estimate of drug-likeness (QED) is 0.863. The van der Waals surface area contributed by atoms with Gasteiger partial charge in [-0.05, 0) is 30.2 Å². The molecule has 0 radical (unpaired) electrons. The SMILES string of the molecule is O=C([C@H]1COc2ccccc2C1)N1CCC(Oc2cccnc2)CC1. The zero-order valence-corrected chi connectivity index (χ0v) is 14.1. The van der Waals surface area contributed by atoms with Gasteiger partial charge in [0.05, 0.1) is 12.1 Å². The summed E-state index contributed by atoms with van der Waals surface area (Å²) in [5, 5.41) is 0. The van der Waals surface area contributed by atoms with Crippen molar-refractivity contribution >= 4 is 5.91 Å². The normalized spacial score (nSPS) is 20.5. The predicted octanol–water partition coefficient (Wildman–Crippen LogP) is 2.70. The molecule has 0 N–H and O–H groups in total. The summed E-state index contributed by atoms with van der Waals surface area (Å²) in [6.07, 6.45) is 6.08. The van der Waals surface area contributed by atoms with E-state index in [1.165, 1.54) is 0 Å². The third kappa shape index (κ3) is 3.60. The number of para-hydroxylation sites is 1. The highest BCUT2D eigenvalue weighted by Crippen LogP contribution is 2.28. The number of rotatable bonds is 3. The fourth-order valence-electron chi connectivity index (χ4n) is 3.55. The van der Waals surface area contributed by atoms with Crippen LogP contribution in [-0.4, -0.2) is 41.6 Å². The Morgan fingerprint density at radius 2 is 2.00 bits per heavy atom. The number of piperidine rings is 1. The molecule has 1 aromatic carbocycles. The van der Waals surface area contributed by atoms with Gasteiger partial charge in [-0.25, -0.2) is 0 Å². The van der Waals surface area contributed by atoms with Gasteiger partial charge in [0.2, 0.25) is 5.91 Å². The lowest BCUT2D eigenvalue weighted by Gasteiger charge is -2.35. The van der Waals surface area contributed by atoms with Crippen molar-refractivity contribution in [2.45, 2.75) is 25.4 Å². The Hall–Kier alpha value is -2.56. The van der Waals surface area contributed by atoms with E-state index in [4.69, 9.17) is 9.47 Å². The van der Waals surface area contributed by atoms with E-state index in [9.17, 15) is 4.79 Å². The average molecular weight is 338 g/mol. The van der Waals surface area contributed by atoms with E-state index in [0.717, 1.165) is 49.4 Å². The Kier molecular flexibility index (Phi) is 4.55. The van der Waals surface area contributed by atoms with Crippen LogP contribution in [0.3, 0.4) is 0 Å². The maximum atomic E-state index is 12.8. The molecule has 0 spiro atoms. The molecule has 1 amide bonds. The van der Waals surface area contributed by atoms with Gasteiger partial charge in [-0.1, -0.05) is 18.2 Å². The molecule has 0 aliphatic carbocycles. The number of carbonyl (C=O) groups is 1. The minimum absolute atomic E-state index is 0.0781. The molecule has 0 saturated carbocycles. The summed E-state index contributed by atoms with van der Waals surface area (Å²) in [6, 6.07) is 11.8. The highest BCUT2D eigenvalue weighted by atomic mass is 16.5. The number of amides is 1. The van der Waals surface area contributed by atoms with Gasteiger partial charge < -0.3 is 14.4 Å². The van der Waals surface area contributed by atoms with E-state index in [1.54, 1.807) is 12.4 Å². The van der Waals surface area contributed by atoms with Gasteiger partial charge in [0.1, 0.15) is 24.2 Å². The summed E-state index contributed by atoms with van der Waals surface area (Å²) < 4.78 is 11.7. The standard InChI is InChI=1S/C20H22N2O3/c23-20(16-12-15-4-1-2-6-19(15)24-14-16)22-10-7-17(8-11-22)25-18-5-3-9-21-13-18/h1-6,9,13,16-17H,7-8,10-12,14H2/t16-/m1/s1. The fraction of sp³-hybridized carbons (Fsp3) is 0.400. The van der Waals surface area contributed by atoms with Crippen LogP contribution in [0.5, 0.6) is 11.5 Å². The summed E-state index contributed by atoms with van der Waals surface area (Å²) in [4.78, 5) is 18.9. The molecule has 3 heterocycles. The van der Waals surface area contributed by atoms with Crippen molar-refractivity contribution in [3.8, 4) is 11.5 Å². The number of fused-ring (bicyclic) bond motifs is 1. The first-order valence-corrected chi connectivity index (χ1v) is 8.86. The van der Waals surface area contributed by atoms with E-state index in [1.807, 2.05) is 41.3 Å². The lowest BCUT2D eigenvalue weighted by atomic mass is 9.94. The second kappa shape index (κ2) is 7.13. The molecule has 5 heteroatoms. The fourth-order valence-corrected chi connectivity index (χ4v) is 3.55. The third-order valence-corrected chi connectivity index (χ3v) is 4.92. The molecule has 1 atom stereocenters. The summed E-state index contributed by atoms with van der Waals surface area (Å²) in [7, 11) is 0. The number of pyridine rings is 1. The summed E-state index contributed by atoms with van der Waals surface area (Å²) in [5.41, 5.74) is 1.13. The zero-order valence-electron chi connectivity index (χ0n) is 14.1. The number of ether oxygens (including phenoxy) is 2. The van der Waals surface area contributed by atoms with Crippen LogP contribution in [0.4, 0.5) is 0 Å². The monoisotopic (exact) mass is 338 g/mol. The molecule has 5 nitrogen and oxygen atoms in total. The molecule has 1 aromatic heterocycles. The summed E-state index contributed by atoms with van der Waals surface area (Å²) >= 11 is 0. The van der Waals surface area contributed by atoms with Crippen LogP contribution in [0.2, 0.25) is 0 Å². The second-order valence-electron chi connectivity index (χ2n) is 6.65. The van der Waals surface area contributed by atoms with Gasteiger partial charge in [-0.2, -0.15) is 0 Å². The lowest BCUT2D eigenvalue weighted by molar-refractivity contribution is -0.138. The van der Waals surface area contributed by atoms with Gasteiger partial charge in [0.25, 0.3) is 0 Å². The molecule has 2 aliphatic heterocycles. The molecule has 2 aliphatic rings. The summed E-state index contributed by atoms with van der Waals surface area (Å²) in [5.74, 6) is 1.83. The number of hydrogen-bond acceptors (Lipinski definition) is 4. The number of carbonyl (C=O) groups excluding carboxylic acids is 1. The summed E-state index contributed by atoms with van der Waals surface area (Å²) in [6.45, 7) is 1.95. The lowest BCUT2D eigenvalue weighted by Crippen LogP contribution is -2.46. The Morgan fingerprint density at radius 1 is 1.16 bits per heavy atom. The van der Waals surface area contributed by atoms with E-state index >= 15 is 0 Å². The molecule has 0 bridgehead atoms. The van der Waals surface area contributed by atoms with Crippen LogP contribution >= 0.6 is 0 Å². The topological polar surface area (TPSA) is 51.7 Å². The minimum atomic E-state index is -0.0781. The first-order chi connectivity index (χ1) is 12.3. The molecular formula is C20H22N2O3. The first kappa shape index (κ1) is 15.9. The van der Waals surface area contributed by atoms with Crippen LogP contribution in [0.25, 0.3) is 0 Å². The highest BCUT2D eigenvalue weighted by molar-refractivity contribution is 5.80. The van der Waals surface area contributed by atoms with Crippen LogP contribution in [0.1, 0.15) is 18.4 Å². The van der Waals surface area contributed by atoms with E-state index in [2.05, 4.69) is 4.98 Å². The predicted molar refractivity (Wildman–Crippen MR) is 93.6 cm³/mol. The zero-order chi connectivity index (χ0) is 17.1. The maximum Gasteiger partial charge on any atom is 0.229 e. The maximum absolute atomic E-state index is 12.8. The van der Waals surface area contributed by atoms with Crippen molar-refractivity contribution < 1.29 is 14.3 Å². The third-order valence-electron chi connectivity index (χ3n) is 4.92. The van der Waals surface area contributed by atoms with E-state index in [-0.39, 0.29) is 17.9 Å². The second-order valence-corrected chi connectivity index (χ2v) is 6.65. The molecular weight excluding hydrogens is 316 g/mol. The van der Waals surface area contributed by atoms with Crippen LogP contribution in [0.15, 0.2) is 48.8 Å². The average Bonchev–Trinajstić information content (AvgIpc) is 2.68. The van der Waals surface area contributed by atoms with Gasteiger partial charge in [-0.3, -0.25) is 9.78 Å². The molecule has 1 saturated heterocycles. The van der Waals surface area contributed by atoms with Gasteiger partial charge in [-0.15, -0.1) is 0 Å². The van der Waals surface area contributed by atoms with E-state index < -0.39 is 0 Å². The van der Waals surface area contributed by atoms with Crippen LogP contribution in [0, 0.1) is 5.92 Å². The number of aromatic nitrogens is 1. The molecule has 4 rings (SSSR count). The van der Waals surface area contributed by atoms with Crippen molar-refractivity contribution in [1.29, 1.82) is 0 Å². The largest absolute Gasteiger partial charge is 0.492 e. The smallest absolute Gasteiger partial charge is 0.229 e. The number of hydrogen-bond donors (Lipinski definition) is 0. The minimum Gasteiger partial charge on any atom is -0.492 e. The first-order valence-electron chi connectivity index (χ1n) is 8.86. The van der Waals surface area contributed by atoms with Crippen LogP contribution in [-0.2, 0) is 11.2 Å². The van der Waals surface area contributed by atoms with Crippen molar-refractivity contribution in [3.05, 3.63) is 54.4 Å². The molecule has 1 fully saturated rings. The molecule has 0 unspecified atom stereocenters. The number of likely N-dealkylation sites (tertiary alicyclic amines) is 1. The molecule has 2 aromatic rings. The van der Waals surface area contributed by atoms with Crippen molar-refractivity contribution in [3.63, 3.8) is 0 Å². The van der Waals surface area contributed by atoms with Crippen LogP contribution < -0.4 is 9.47 Å². The Labute approximate surface area is 147 Å². The Balaban J connectivity index is 1.31. The van der Waals surface area contributed by atoms with Gasteiger partial charge >= 0.3 is 0 Å². The highest BCUT2D eigenvalue weighted by Gasteiger charge is 2.32. The number of benzene rings is 1. The van der Waals surface area contributed by atoms with Crippen molar-refractivity contribution in [1.82, 2.24) is 9.88 Å². The molecule has 130 valence electrons. The van der Waals surface area contributed by atoms with Gasteiger partial charge in [0, 0.05) is 32.1 Å².